The fourth-order valence-electron chi connectivity index (χ4n) is 3.05. The van der Waals surface area contributed by atoms with E-state index in [1.807, 2.05) is 36.4 Å². The number of methoxy groups -OCH3 is 3. The summed E-state index contributed by atoms with van der Waals surface area (Å²) in [6, 6.07) is 11.7. The molecule has 1 fully saturated rings. The number of rotatable bonds is 6. The second-order valence-corrected chi connectivity index (χ2v) is 5.92. The standard InChI is InChI=1S/C20H24N2O3/c1-23-17-8-6-7-16(12-17)21-14-15-11-20(25-3)18(13-19(15)24-2)22-9-4-5-10-22/h6-8,11-14H,4-5,9-10H2,1-3H3. The smallest absolute Gasteiger partial charge is 0.143 e. The van der Waals surface area contributed by atoms with E-state index in [1.165, 1.54) is 12.8 Å². The van der Waals surface area contributed by atoms with Crippen molar-refractivity contribution in [3.8, 4) is 17.2 Å². The molecule has 25 heavy (non-hydrogen) atoms. The molecule has 3 rings (SSSR count). The lowest BCUT2D eigenvalue weighted by molar-refractivity contribution is 0.402. The van der Waals surface area contributed by atoms with E-state index in [0.29, 0.717) is 0 Å². The third-order valence-corrected chi connectivity index (χ3v) is 4.38. The van der Waals surface area contributed by atoms with Gasteiger partial charge in [0, 0.05) is 37.0 Å². The summed E-state index contributed by atoms with van der Waals surface area (Å²) in [6.45, 7) is 2.10. The molecule has 0 N–H and O–H groups in total. The lowest BCUT2D eigenvalue weighted by atomic mass is 10.1. The molecule has 1 aliphatic rings. The summed E-state index contributed by atoms with van der Waals surface area (Å²) >= 11 is 0. The van der Waals surface area contributed by atoms with Crippen molar-refractivity contribution in [2.24, 2.45) is 4.99 Å². The second-order valence-electron chi connectivity index (χ2n) is 5.92. The number of hydrogen-bond donors (Lipinski definition) is 0. The number of hydrogen-bond acceptors (Lipinski definition) is 5. The van der Waals surface area contributed by atoms with Crippen LogP contribution in [0, 0.1) is 0 Å². The fraction of sp³-hybridized carbons (Fsp3) is 0.350. The van der Waals surface area contributed by atoms with Gasteiger partial charge in [0.25, 0.3) is 0 Å². The molecular weight excluding hydrogens is 316 g/mol. The van der Waals surface area contributed by atoms with Crippen molar-refractivity contribution in [3.05, 3.63) is 42.0 Å². The molecule has 1 saturated heterocycles. The third kappa shape index (κ3) is 3.87. The number of benzene rings is 2. The van der Waals surface area contributed by atoms with Crippen LogP contribution in [0.4, 0.5) is 11.4 Å². The molecule has 132 valence electrons. The van der Waals surface area contributed by atoms with Crippen LogP contribution < -0.4 is 19.1 Å². The zero-order chi connectivity index (χ0) is 17.6. The van der Waals surface area contributed by atoms with Gasteiger partial charge >= 0.3 is 0 Å². The van der Waals surface area contributed by atoms with E-state index in [4.69, 9.17) is 14.2 Å². The zero-order valence-corrected chi connectivity index (χ0v) is 15.0. The van der Waals surface area contributed by atoms with Crippen LogP contribution in [0.15, 0.2) is 41.4 Å². The molecule has 0 aromatic heterocycles. The number of anilines is 1. The highest BCUT2D eigenvalue weighted by Gasteiger charge is 2.19. The molecule has 1 aliphatic heterocycles. The highest BCUT2D eigenvalue weighted by molar-refractivity contribution is 5.88. The van der Waals surface area contributed by atoms with Crippen molar-refractivity contribution < 1.29 is 14.2 Å². The Morgan fingerprint density at radius 3 is 2.36 bits per heavy atom. The van der Waals surface area contributed by atoms with Gasteiger partial charge in [-0.25, -0.2) is 0 Å². The number of ether oxygens (including phenoxy) is 3. The van der Waals surface area contributed by atoms with Crippen molar-refractivity contribution in [2.75, 3.05) is 39.3 Å². The summed E-state index contributed by atoms with van der Waals surface area (Å²) in [4.78, 5) is 6.88. The van der Waals surface area contributed by atoms with Crippen LogP contribution in [-0.2, 0) is 0 Å². The molecule has 0 amide bonds. The van der Waals surface area contributed by atoms with Crippen LogP contribution in [-0.4, -0.2) is 40.6 Å². The average molecular weight is 340 g/mol. The van der Waals surface area contributed by atoms with E-state index in [9.17, 15) is 0 Å². The highest BCUT2D eigenvalue weighted by Crippen LogP contribution is 2.36. The van der Waals surface area contributed by atoms with Gasteiger partial charge in [0.05, 0.1) is 32.7 Å². The van der Waals surface area contributed by atoms with Gasteiger partial charge in [0.2, 0.25) is 0 Å². The maximum Gasteiger partial charge on any atom is 0.143 e. The zero-order valence-electron chi connectivity index (χ0n) is 15.0. The van der Waals surface area contributed by atoms with Gasteiger partial charge in [-0.2, -0.15) is 0 Å². The first kappa shape index (κ1) is 17.1. The summed E-state index contributed by atoms with van der Waals surface area (Å²) in [7, 11) is 5.02. The molecular formula is C20H24N2O3. The van der Waals surface area contributed by atoms with E-state index >= 15 is 0 Å². The summed E-state index contributed by atoms with van der Waals surface area (Å²) in [5.74, 6) is 2.41. The van der Waals surface area contributed by atoms with Gasteiger partial charge in [0.1, 0.15) is 17.2 Å². The number of nitrogens with zero attached hydrogens (tertiary/aromatic N) is 2. The largest absolute Gasteiger partial charge is 0.497 e. The van der Waals surface area contributed by atoms with Crippen LogP contribution in [0.3, 0.4) is 0 Å². The average Bonchev–Trinajstić information content (AvgIpc) is 3.20. The second kappa shape index (κ2) is 7.92. The summed E-state index contributed by atoms with van der Waals surface area (Å²) < 4.78 is 16.4. The maximum absolute atomic E-state index is 5.61. The molecule has 2 aromatic carbocycles. The Bertz CT molecular complexity index is 753. The van der Waals surface area contributed by atoms with E-state index < -0.39 is 0 Å². The Kier molecular flexibility index (Phi) is 5.43. The van der Waals surface area contributed by atoms with Crippen LogP contribution in [0.25, 0.3) is 0 Å². The Balaban J connectivity index is 1.93. The Morgan fingerprint density at radius 1 is 0.920 bits per heavy atom. The molecule has 1 heterocycles. The lowest BCUT2D eigenvalue weighted by Gasteiger charge is -2.22. The lowest BCUT2D eigenvalue weighted by Crippen LogP contribution is -2.18. The quantitative estimate of drug-likeness (QED) is 0.744. The first-order chi connectivity index (χ1) is 12.2. The molecule has 0 unspecified atom stereocenters. The minimum atomic E-state index is 0.781. The van der Waals surface area contributed by atoms with Gasteiger partial charge in [0.15, 0.2) is 0 Å². The van der Waals surface area contributed by atoms with Gasteiger partial charge in [-0.05, 0) is 31.0 Å². The Labute approximate surface area is 148 Å². The fourth-order valence-corrected chi connectivity index (χ4v) is 3.05. The summed E-state index contributed by atoms with van der Waals surface area (Å²) in [5.41, 5.74) is 2.78. The molecule has 0 aliphatic carbocycles. The first-order valence-electron chi connectivity index (χ1n) is 8.44. The molecule has 0 atom stereocenters. The van der Waals surface area contributed by atoms with E-state index in [-0.39, 0.29) is 0 Å². The minimum absolute atomic E-state index is 0.781. The van der Waals surface area contributed by atoms with Crippen molar-refractivity contribution in [1.82, 2.24) is 0 Å². The van der Waals surface area contributed by atoms with E-state index in [0.717, 1.165) is 47.3 Å². The third-order valence-electron chi connectivity index (χ3n) is 4.38. The summed E-state index contributed by atoms with van der Waals surface area (Å²) in [5, 5.41) is 0. The minimum Gasteiger partial charge on any atom is -0.497 e. The van der Waals surface area contributed by atoms with Crippen LogP contribution in [0.2, 0.25) is 0 Å². The Morgan fingerprint density at radius 2 is 1.68 bits per heavy atom. The molecule has 5 nitrogen and oxygen atoms in total. The van der Waals surface area contributed by atoms with Crippen LogP contribution >= 0.6 is 0 Å². The van der Waals surface area contributed by atoms with Crippen molar-refractivity contribution in [3.63, 3.8) is 0 Å². The predicted octanol–water partition coefficient (Wildman–Crippen LogP) is 4.06. The SMILES string of the molecule is COc1cccc(N=Cc2cc(OC)c(N3CCCC3)cc2OC)c1. The van der Waals surface area contributed by atoms with Crippen molar-refractivity contribution >= 4 is 17.6 Å². The van der Waals surface area contributed by atoms with Crippen molar-refractivity contribution in [2.45, 2.75) is 12.8 Å². The van der Waals surface area contributed by atoms with E-state index in [2.05, 4.69) is 9.89 Å². The van der Waals surface area contributed by atoms with E-state index in [1.54, 1.807) is 27.5 Å². The van der Waals surface area contributed by atoms with Crippen molar-refractivity contribution in [1.29, 1.82) is 0 Å². The predicted molar refractivity (Wildman–Crippen MR) is 101 cm³/mol. The molecule has 0 spiro atoms. The molecule has 0 radical (unpaired) electrons. The highest BCUT2D eigenvalue weighted by atomic mass is 16.5. The normalized spacial score (nSPS) is 14.1. The maximum atomic E-state index is 5.61. The van der Waals surface area contributed by atoms with Gasteiger partial charge < -0.3 is 19.1 Å². The molecule has 0 saturated carbocycles. The molecule has 5 heteroatoms. The van der Waals surface area contributed by atoms with Gasteiger partial charge in [-0.1, -0.05) is 6.07 Å². The summed E-state index contributed by atoms with van der Waals surface area (Å²) in [6.07, 6.45) is 4.22. The topological polar surface area (TPSA) is 43.3 Å². The van der Waals surface area contributed by atoms with Crippen LogP contribution in [0.1, 0.15) is 18.4 Å². The monoisotopic (exact) mass is 340 g/mol. The first-order valence-corrected chi connectivity index (χ1v) is 8.44. The Hall–Kier alpha value is -2.69. The molecule has 2 aromatic rings. The van der Waals surface area contributed by atoms with Crippen LogP contribution in [0.5, 0.6) is 17.2 Å². The number of aliphatic imine (C=N–C) groups is 1. The van der Waals surface area contributed by atoms with Gasteiger partial charge in [-0.15, -0.1) is 0 Å². The molecule has 0 bridgehead atoms. The van der Waals surface area contributed by atoms with Gasteiger partial charge in [-0.3, -0.25) is 4.99 Å².